The second-order valence-electron chi connectivity index (χ2n) is 5.01. The van der Waals surface area contributed by atoms with Gasteiger partial charge in [-0.2, -0.15) is 0 Å². The van der Waals surface area contributed by atoms with Crippen LogP contribution in [0.3, 0.4) is 0 Å². The predicted molar refractivity (Wildman–Crippen MR) is 77.1 cm³/mol. The Morgan fingerprint density at radius 3 is 2.23 bits per heavy atom. The number of esters is 2. The summed E-state index contributed by atoms with van der Waals surface area (Å²) in [7, 11) is 2.63. The molecule has 6 heteroatoms. The second-order valence-corrected chi connectivity index (χ2v) is 5.01. The summed E-state index contributed by atoms with van der Waals surface area (Å²) < 4.78 is 21.0. The van der Waals surface area contributed by atoms with E-state index in [0.717, 1.165) is 5.56 Å². The molecule has 1 aromatic carbocycles. The molecule has 3 atom stereocenters. The first kappa shape index (κ1) is 16.5. The van der Waals surface area contributed by atoms with Gasteiger partial charge in [0.15, 0.2) is 0 Å². The first-order valence-corrected chi connectivity index (χ1v) is 7.09. The third kappa shape index (κ3) is 4.29. The van der Waals surface area contributed by atoms with Crippen molar-refractivity contribution in [3.8, 4) is 0 Å². The van der Waals surface area contributed by atoms with Crippen LogP contribution in [0, 0.1) is 0 Å². The molecule has 1 aliphatic heterocycles. The Balaban J connectivity index is 2.07. The van der Waals surface area contributed by atoms with Crippen LogP contribution in [0.5, 0.6) is 0 Å². The van der Waals surface area contributed by atoms with E-state index in [1.54, 1.807) is 0 Å². The molecule has 1 heterocycles. The molecule has 2 rings (SSSR count). The normalized spacial score (nSPS) is 24.5. The highest BCUT2D eigenvalue weighted by Gasteiger charge is 2.36. The fraction of sp³-hybridized carbons (Fsp3) is 0.500. The van der Waals surface area contributed by atoms with Gasteiger partial charge in [-0.25, -0.2) is 0 Å². The van der Waals surface area contributed by atoms with Crippen LogP contribution >= 0.6 is 0 Å². The van der Waals surface area contributed by atoms with Gasteiger partial charge < -0.3 is 18.9 Å². The van der Waals surface area contributed by atoms with Gasteiger partial charge in [0.25, 0.3) is 0 Å². The number of methoxy groups -OCH3 is 2. The molecule has 0 saturated carbocycles. The summed E-state index contributed by atoms with van der Waals surface area (Å²) >= 11 is 0. The number of carbonyl (C=O) groups excluding carboxylic acids is 2. The molecule has 0 bridgehead atoms. The van der Waals surface area contributed by atoms with Gasteiger partial charge in [0.2, 0.25) is 0 Å². The van der Waals surface area contributed by atoms with E-state index in [0.29, 0.717) is 6.61 Å². The van der Waals surface area contributed by atoms with E-state index in [-0.39, 0.29) is 18.9 Å². The lowest BCUT2D eigenvalue weighted by Gasteiger charge is -2.36. The van der Waals surface area contributed by atoms with Crippen molar-refractivity contribution in [3.63, 3.8) is 0 Å². The highest BCUT2D eigenvalue weighted by atomic mass is 16.6. The maximum atomic E-state index is 11.6. The lowest BCUT2D eigenvalue weighted by molar-refractivity contribution is -0.196. The van der Waals surface area contributed by atoms with Crippen molar-refractivity contribution >= 4 is 11.9 Å². The van der Waals surface area contributed by atoms with E-state index in [4.69, 9.17) is 9.47 Å². The third-order valence-electron chi connectivity index (χ3n) is 3.58. The SMILES string of the molecule is COC(=O)C[C@H]1OC[C@H](c2ccccc2)O[C@@H]1CC(=O)OC. The van der Waals surface area contributed by atoms with Crippen molar-refractivity contribution in [1.82, 2.24) is 0 Å². The van der Waals surface area contributed by atoms with Crippen LogP contribution in [0.25, 0.3) is 0 Å². The molecule has 0 radical (unpaired) electrons. The molecule has 1 aromatic rings. The minimum Gasteiger partial charge on any atom is -0.469 e. The molecule has 6 nitrogen and oxygen atoms in total. The molecular weight excluding hydrogens is 288 g/mol. The lowest BCUT2D eigenvalue weighted by Crippen LogP contribution is -2.42. The number of hydrogen-bond acceptors (Lipinski definition) is 6. The quantitative estimate of drug-likeness (QED) is 0.770. The molecule has 22 heavy (non-hydrogen) atoms. The summed E-state index contributed by atoms with van der Waals surface area (Å²) in [6.45, 7) is 0.323. The van der Waals surface area contributed by atoms with Crippen LogP contribution in [0.2, 0.25) is 0 Å². The molecule has 0 aliphatic carbocycles. The summed E-state index contributed by atoms with van der Waals surface area (Å²) in [4.78, 5) is 23.0. The Labute approximate surface area is 129 Å². The molecule has 1 fully saturated rings. The minimum absolute atomic E-state index is 0.0293. The topological polar surface area (TPSA) is 71.1 Å². The van der Waals surface area contributed by atoms with Gasteiger partial charge in [-0.05, 0) is 5.56 Å². The Morgan fingerprint density at radius 1 is 1.05 bits per heavy atom. The average Bonchev–Trinajstić information content (AvgIpc) is 2.56. The van der Waals surface area contributed by atoms with Crippen molar-refractivity contribution in [2.75, 3.05) is 20.8 Å². The third-order valence-corrected chi connectivity index (χ3v) is 3.58. The van der Waals surface area contributed by atoms with Crippen LogP contribution < -0.4 is 0 Å². The summed E-state index contributed by atoms with van der Waals surface area (Å²) in [6.07, 6.45) is -1.27. The van der Waals surface area contributed by atoms with Crippen molar-refractivity contribution in [2.24, 2.45) is 0 Å². The summed E-state index contributed by atoms with van der Waals surface area (Å²) in [5, 5.41) is 0. The summed E-state index contributed by atoms with van der Waals surface area (Å²) in [5.74, 6) is -0.807. The van der Waals surface area contributed by atoms with Gasteiger partial charge in [-0.3, -0.25) is 9.59 Å². The van der Waals surface area contributed by atoms with Crippen molar-refractivity contribution < 1.29 is 28.5 Å². The van der Waals surface area contributed by atoms with Crippen LogP contribution in [0.1, 0.15) is 24.5 Å². The standard InChI is InChI=1S/C16H20O6/c1-19-15(17)8-12-13(9-16(18)20-2)22-14(10-21-12)11-6-4-3-5-7-11/h3-7,12-14H,8-10H2,1-2H3/t12-,13-,14-/m1/s1. The zero-order valence-corrected chi connectivity index (χ0v) is 12.7. The molecular formula is C16H20O6. The van der Waals surface area contributed by atoms with E-state index in [1.807, 2.05) is 30.3 Å². The van der Waals surface area contributed by atoms with E-state index in [9.17, 15) is 9.59 Å². The number of rotatable bonds is 5. The number of benzene rings is 1. The van der Waals surface area contributed by atoms with E-state index in [2.05, 4.69) is 9.47 Å². The number of ether oxygens (including phenoxy) is 4. The van der Waals surface area contributed by atoms with Gasteiger partial charge in [-0.1, -0.05) is 30.3 Å². The maximum absolute atomic E-state index is 11.6. The average molecular weight is 308 g/mol. The molecule has 0 amide bonds. The molecule has 0 aromatic heterocycles. The Morgan fingerprint density at radius 2 is 1.64 bits per heavy atom. The monoisotopic (exact) mass is 308 g/mol. The van der Waals surface area contributed by atoms with Crippen LogP contribution in [0.15, 0.2) is 30.3 Å². The Kier molecular flexibility index (Phi) is 5.91. The molecule has 120 valence electrons. The maximum Gasteiger partial charge on any atom is 0.308 e. The molecule has 0 spiro atoms. The van der Waals surface area contributed by atoms with Gasteiger partial charge in [0.05, 0.1) is 45.9 Å². The molecule has 0 N–H and O–H groups in total. The smallest absolute Gasteiger partial charge is 0.308 e. The van der Waals surface area contributed by atoms with Gasteiger partial charge >= 0.3 is 11.9 Å². The van der Waals surface area contributed by atoms with Crippen LogP contribution in [-0.2, 0) is 28.5 Å². The largest absolute Gasteiger partial charge is 0.469 e. The zero-order chi connectivity index (χ0) is 15.9. The van der Waals surface area contributed by atoms with E-state index >= 15 is 0 Å². The highest BCUT2D eigenvalue weighted by Crippen LogP contribution is 2.29. The van der Waals surface area contributed by atoms with Gasteiger partial charge in [-0.15, -0.1) is 0 Å². The van der Waals surface area contributed by atoms with Crippen molar-refractivity contribution in [2.45, 2.75) is 31.2 Å². The zero-order valence-electron chi connectivity index (χ0n) is 12.7. The van der Waals surface area contributed by atoms with E-state index < -0.39 is 24.1 Å². The van der Waals surface area contributed by atoms with Crippen LogP contribution in [-0.4, -0.2) is 45.0 Å². The second kappa shape index (κ2) is 7.91. The van der Waals surface area contributed by atoms with E-state index in [1.165, 1.54) is 14.2 Å². The Bertz CT molecular complexity index is 501. The summed E-state index contributed by atoms with van der Waals surface area (Å²) in [5.41, 5.74) is 0.967. The minimum atomic E-state index is -0.550. The molecule has 1 aliphatic rings. The van der Waals surface area contributed by atoms with Gasteiger partial charge in [0, 0.05) is 0 Å². The fourth-order valence-electron chi connectivity index (χ4n) is 2.36. The van der Waals surface area contributed by atoms with Crippen molar-refractivity contribution in [3.05, 3.63) is 35.9 Å². The van der Waals surface area contributed by atoms with Crippen molar-refractivity contribution in [1.29, 1.82) is 0 Å². The summed E-state index contributed by atoms with van der Waals surface area (Å²) in [6, 6.07) is 9.61. The highest BCUT2D eigenvalue weighted by molar-refractivity contribution is 5.71. The Hall–Kier alpha value is -1.92. The van der Waals surface area contributed by atoms with Crippen LogP contribution in [0.4, 0.5) is 0 Å². The predicted octanol–water partition coefficient (Wildman–Crippen LogP) is 1.64. The lowest BCUT2D eigenvalue weighted by atomic mass is 10.0. The fourth-order valence-corrected chi connectivity index (χ4v) is 2.36. The first-order valence-electron chi connectivity index (χ1n) is 7.09. The number of hydrogen-bond donors (Lipinski definition) is 0. The molecule has 1 saturated heterocycles. The first-order chi connectivity index (χ1) is 10.6. The number of carbonyl (C=O) groups is 2. The molecule has 0 unspecified atom stereocenters. The van der Waals surface area contributed by atoms with Gasteiger partial charge in [0.1, 0.15) is 6.10 Å².